The maximum atomic E-state index is 5.66. The van der Waals surface area contributed by atoms with E-state index in [1.165, 1.54) is 0 Å². The number of alkyl halides is 1. The van der Waals surface area contributed by atoms with E-state index in [0.717, 1.165) is 17.9 Å². The molecule has 0 bridgehead atoms. The summed E-state index contributed by atoms with van der Waals surface area (Å²) in [5.74, 6) is 2.26. The summed E-state index contributed by atoms with van der Waals surface area (Å²) in [5, 5.41) is 0. The Balaban J connectivity index is 2.11. The minimum atomic E-state index is 0.104. The number of benzene rings is 1. The van der Waals surface area contributed by atoms with Crippen LogP contribution in [0.3, 0.4) is 0 Å². The second kappa shape index (κ2) is 3.88. The van der Waals surface area contributed by atoms with Gasteiger partial charge in [0.25, 0.3) is 0 Å². The van der Waals surface area contributed by atoms with E-state index in [1.54, 1.807) is 0 Å². The van der Waals surface area contributed by atoms with Gasteiger partial charge in [0.15, 0.2) is 11.5 Å². The molecule has 0 spiro atoms. The van der Waals surface area contributed by atoms with Crippen LogP contribution in [-0.2, 0) is 0 Å². The van der Waals surface area contributed by atoms with Gasteiger partial charge in [0, 0.05) is 12.3 Å². The van der Waals surface area contributed by atoms with E-state index in [2.05, 4.69) is 0 Å². The van der Waals surface area contributed by atoms with Crippen LogP contribution in [-0.4, -0.2) is 18.6 Å². The van der Waals surface area contributed by atoms with Crippen molar-refractivity contribution < 1.29 is 9.47 Å². The van der Waals surface area contributed by atoms with E-state index >= 15 is 0 Å². The van der Waals surface area contributed by atoms with Gasteiger partial charge in [0.1, 0.15) is 12.7 Å². The Morgan fingerprint density at radius 1 is 1.31 bits per heavy atom. The molecule has 0 radical (unpaired) electrons. The van der Waals surface area contributed by atoms with Crippen LogP contribution in [0.5, 0.6) is 11.5 Å². The molecule has 70 valence electrons. The second-order valence-electron chi connectivity index (χ2n) is 2.98. The molecule has 0 fully saturated rings. The molecule has 0 unspecified atom stereocenters. The summed E-state index contributed by atoms with van der Waals surface area (Å²) in [7, 11) is 0. The number of ether oxygens (including phenoxy) is 2. The van der Waals surface area contributed by atoms with Gasteiger partial charge in [0.2, 0.25) is 0 Å². The van der Waals surface area contributed by atoms with Crippen molar-refractivity contribution >= 4 is 11.6 Å². The van der Waals surface area contributed by atoms with Gasteiger partial charge in [0.05, 0.1) is 0 Å². The van der Waals surface area contributed by atoms with E-state index < -0.39 is 0 Å². The first-order chi connectivity index (χ1) is 6.40. The quantitative estimate of drug-likeness (QED) is 0.680. The number of para-hydroxylation sites is 2. The van der Waals surface area contributed by atoms with Crippen LogP contribution < -0.4 is 9.47 Å². The first-order valence-electron chi connectivity index (χ1n) is 4.34. The van der Waals surface area contributed by atoms with Crippen LogP contribution in [0.15, 0.2) is 24.3 Å². The fourth-order valence-corrected chi connectivity index (χ4v) is 1.57. The van der Waals surface area contributed by atoms with Gasteiger partial charge in [-0.15, -0.1) is 11.6 Å². The third-order valence-corrected chi connectivity index (χ3v) is 2.22. The van der Waals surface area contributed by atoms with Gasteiger partial charge in [-0.05, 0) is 12.1 Å². The van der Waals surface area contributed by atoms with Crippen molar-refractivity contribution in [2.45, 2.75) is 12.5 Å². The monoisotopic (exact) mass is 198 g/mol. The average Bonchev–Trinajstić information content (AvgIpc) is 2.18. The van der Waals surface area contributed by atoms with Gasteiger partial charge in [-0.3, -0.25) is 0 Å². The number of hydrogen-bond donors (Lipinski definition) is 0. The fraction of sp³-hybridized carbons (Fsp3) is 0.400. The summed E-state index contributed by atoms with van der Waals surface area (Å²) >= 11 is 5.63. The maximum absolute atomic E-state index is 5.66. The normalized spacial score (nSPS) is 19.9. The average molecular weight is 199 g/mol. The zero-order chi connectivity index (χ0) is 9.10. The SMILES string of the molecule is ClCC[C@@H]1COc2ccccc2O1. The minimum absolute atomic E-state index is 0.104. The summed E-state index contributed by atoms with van der Waals surface area (Å²) in [4.78, 5) is 0. The van der Waals surface area contributed by atoms with Gasteiger partial charge in [-0.1, -0.05) is 12.1 Å². The molecule has 13 heavy (non-hydrogen) atoms. The second-order valence-corrected chi connectivity index (χ2v) is 3.35. The van der Waals surface area contributed by atoms with Crippen LogP contribution in [0, 0.1) is 0 Å². The summed E-state index contributed by atoms with van der Waals surface area (Å²) in [6.45, 7) is 0.601. The zero-order valence-electron chi connectivity index (χ0n) is 7.20. The Bertz CT molecular complexity index is 288. The van der Waals surface area contributed by atoms with Crippen LogP contribution in [0.4, 0.5) is 0 Å². The van der Waals surface area contributed by atoms with Crippen LogP contribution in [0.1, 0.15) is 6.42 Å². The number of halogens is 1. The molecule has 0 saturated heterocycles. The summed E-state index contributed by atoms with van der Waals surface area (Å²) in [5.41, 5.74) is 0. The molecule has 0 N–H and O–H groups in total. The van der Waals surface area contributed by atoms with Crippen LogP contribution in [0.2, 0.25) is 0 Å². The van der Waals surface area contributed by atoms with Crippen molar-refractivity contribution in [3.05, 3.63) is 24.3 Å². The molecule has 1 aromatic rings. The lowest BCUT2D eigenvalue weighted by Crippen LogP contribution is -2.29. The standard InChI is InChI=1S/C10H11ClO2/c11-6-5-8-7-12-9-3-1-2-4-10(9)13-8/h1-4,8H,5-7H2/t8-/m1/s1. The molecule has 1 aliphatic rings. The predicted octanol–water partition coefficient (Wildman–Crippen LogP) is 2.46. The number of fused-ring (bicyclic) bond motifs is 1. The van der Waals surface area contributed by atoms with Crippen LogP contribution in [0.25, 0.3) is 0 Å². The van der Waals surface area contributed by atoms with Gasteiger partial charge < -0.3 is 9.47 Å². The molecular weight excluding hydrogens is 188 g/mol. The van der Waals surface area contributed by atoms with E-state index in [4.69, 9.17) is 21.1 Å². The van der Waals surface area contributed by atoms with Crippen LogP contribution >= 0.6 is 11.6 Å². The predicted molar refractivity (Wildman–Crippen MR) is 51.7 cm³/mol. The first-order valence-corrected chi connectivity index (χ1v) is 4.88. The Kier molecular flexibility index (Phi) is 2.60. The van der Waals surface area contributed by atoms with E-state index in [9.17, 15) is 0 Å². The third kappa shape index (κ3) is 1.89. The van der Waals surface area contributed by atoms with Crippen molar-refractivity contribution in [1.82, 2.24) is 0 Å². The molecule has 1 heterocycles. The molecule has 1 atom stereocenters. The van der Waals surface area contributed by atoms with Crippen molar-refractivity contribution in [1.29, 1.82) is 0 Å². The van der Waals surface area contributed by atoms with E-state index in [-0.39, 0.29) is 6.10 Å². The lowest BCUT2D eigenvalue weighted by atomic mass is 10.2. The molecule has 0 aliphatic carbocycles. The first kappa shape index (κ1) is 8.70. The third-order valence-electron chi connectivity index (χ3n) is 2.00. The molecule has 1 aromatic carbocycles. The molecule has 0 saturated carbocycles. The van der Waals surface area contributed by atoms with Crippen molar-refractivity contribution in [3.8, 4) is 11.5 Å². The highest BCUT2D eigenvalue weighted by atomic mass is 35.5. The van der Waals surface area contributed by atoms with E-state index in [0.29, 0.717) is 12.5 Å². The Hall–Kier alpha value is -0.890. The van der Waals surface area contributed by atoms with Crippen molar-refractivity contribution in [2.75, 3.05) is 12.5 Å². The molecular formula is C10H11ClO2. The summed E-state index contributed by atoms with van der Waals surface area (Å²) in [6.07, 6.45) is 0.933. The zero-order valence-corrected chi connectivity index (χ0v) is 7.96. The highest BCUT2D eigenvalue weighted by Crippen LogP contribution is 2.31. The van der Waals surface area contributed by atoms with Crippen molar-refractivity contribution in [2.24, 2.45) is 0 Å². The smallest absolute Gasteiger partial charge is 0.161 e. The van der Waals surface area contributed by atoms with Gasteiger partial charge in [-0.2, -0.15) is 0 Å². The lowest BCUT2D eigenvalue weighted by Gasteiger charge is -2.25. The molecule has 3 heteroatoms. The topological polar surface area (TPSA) is 18.5 Å². The summed E-state index contributed by atoms with van der Waals surface area (Å²) < 4.78 is 11.2. The van der Waals surface area contributed by atoms with E-state index in [1.807, 2.05) is 24.3 Å². The Morgan fingerprint density at radius 2 is 2.08 bits per heavy atom. The Morgan fingerprint density at radius 3 is 2.85 bits per heavy atom. The fourth-order valence-electron chi connectivity index (χ4n) is 1.33. The lowest BCUT2D eigenvalue weighted by molar-refractivity contribution is 0.0890. The summed E-state index contributed by atoms with van der Waals surface area (Å²) in [6, 6.07) is 7.69. The maximum Gasteiger partial charge on any atom is 0.161 e. The molecule has 0 amide bonds. The number of rotatable bonds is 2. The number of hydrogen-bond acceptors (Lipinski definition) is 2. The molecule has 1 aliphatic heterocycles. The molecule has 0 aromatic heterocycles. The van der Waals surface area contributed by atoms with Gasteiger partial charge >= 0.3 is 0 Å². The van der Waals surface area contributed by atoms with Gasteiger partial charge in [-0.25, -0.2) is 0 Å². The minimum Gasteiger partial charge on any atom is -0.486 e. The molecule has 2 rings (SSSR count). The largest absolute Gasteiger partial charge is 0.486 e. The Labute approximate surface area is 82.4 Å². The molecule has 2 nitrogen and oxygen atoms in total. The van der Waals surface area contributed by atoms with Crippen molar-refractivity contribution in [3.63, 3.8) is 0 Å². The highest BCUT2D eigenvalue weighted by molar-refractivity contribution is 6.17. The highest BCUT2D eigenvalue weighted by Gasteiger charge is 2.19.